The van der Waals surface area contributed by atoms with Gasteiger partial charge >= 0.3 is 191 Å². The van der Waals surface area contributed by atoms with E-state index in [-0.39, 0.29) is 38.4 Å². The second-order valence-corrected chi connectivity index (χ2v) is 11.5. The summed E-state index contributed by atoms with van der Waals surface area (Å²) in [5.74, 6) is 1.43. The van der Waals surface area contributed by atoms with Crippen molar-refractivity contribution in [1.29, 1.82) is 10.8 Å². The summed E-state index contributed by atoms with van der Waals surface area (Å²) in [6, 6.07) is 5.96. The summed E-state index contributed by atoms with van der Waals surface area (Å²) in [6.45, 7) is 9.07. The molecule has 1 aromatic carbocycles. The van der Waals surface area contributed by atoms with Gasteiger partial charge < -0.3 is 0 Å². The van der Waals surface area contributed by atoms with Crippen molar-refractivity contribution in [3.63, 3.8) is 0 Å². The third-order valence-corrected chi connectivity index (χ3v) is 9.20. The Bertz CT molecular complexity index is 930. The quantitative estimate of drug-likeness (QED) is 0.342. The van der Waals surface area contributed by atoms with Gasteiger partial charge in [0.2, 0.25) is 0 Å². The van der Waals surface area contributed by atoms with Crippen molar-refractivity contribution in [2.45, 2.75) is 52.9 Å². The third-order valence-electron chi connectivity index (χ3n) is 5.59. The summed E-state index contributed by atoms with van der Waals surface area (Å²) in [7, 11) is 3.27. The van der Waals surface area contributed by atoms with Crippen LogP contribution < -0.4 is 30.7 Å². The molecule has 1 atom stereocenters. The molecule has 1 aromatic rings. The fourth-order valence-electron chi connectivity index (χ4n) is 4.32. The summed E-state index contributed by atoms with van der Waals surface area (Å²) >= 11 is -0.383. The zero-order chi connectivity index (χ0) is 22.1. The van der Waals surface area contributed by atoms with Gasteiger partial charge in [0.05, 0.1) is 0 Å². The molecule has 1 heterocycles. The topological polar surface area (TPSA) is 75.4 Å². The molecular weight excluding hydrogens is 491 g/mol. The molecule has 6 heteroatoms. The van der Waals surface area contributed by atoms with Crippen LogP contribution in [-0.4, -0.2) is 32.4 Å². The van der Waals surface area contributed by atoms with Gasteiger partial charge in [0.25, 0.3) is 0 Å². The van der Waals surface area contributed by atoms with E-state index in [1.165, 1.54) is 7.16 Å². The Kier molecular flexibility index (Phi) is 6.95. The van der Waals surface area contributed by atoms with Crippen molar-refractivity contribution in [3.8, 4) is 11.5 Å². The summed E-state index contributed by atoms with van der Waals surface area (Å²) in [4.78, 5) is 0. The van der Waals surface area contributed by atoms with Gasteiger partial charge in [0.15, 0.2) is 0 Å². The van der Waals surface area contributed by atoms with Gasteiger partial charge in [-0.25, -0.2) is 0 Å². The van der Waals surface area contributed by atoms with Crippen molar-refractivity contribution in [3.05, 3.63) is 42.1 Å². The van der Waals surface area contributed by atoms with Crippen LogP contribution in [0.4, 0.5) is 0 Å². The molecule has 0 spiro atoms. The molecule has 5 nitrogen and oxygen atoms in total. The maximum atomic E-state index is 8.95. The number of ether oxygens (including phenoxy) is 3. The summed E-state index contributed by atoms with van der Waals surface area (Å²) in [5, 5.41) is 17.7. The molecule has 1 aliphatic heterocycles. The molecule has 2 N–H and O–H groups in total. The molecule has 0 saturated heterocycles. The van der Waals surface area contributed by atoms with E-state index in [2.05, 4.69) is 20.8 Å². The van der Waals surface area contributed by atoms with Crippen LogP contribution in [0.2, 0.25) is 0 Å². The van der Waals surface area contributed by atoms with Crippen LogP contribution in [0, 0.1) is 16.2 Å². The minimum atomic E-state index is -0.383. The Morgan fingerprint density at radius 1 is 1.13 bits per heavy atom. The number of rotatable bonds is 6. The molecule has 0 fully saturated rings. The van der Waals surface area contributed by atoms with Crippen LogP contribution in [0.1, 0.15) is 58.4 Å². The molecule has 30 heavy (non-hydrogen) atoms. The van der Waals surface area contributed by atoms with Crippen LogP contribution in [0.3, 0.4) is 0 Å². The average molecular weight is 523 g/mol. The molecule has 164 valence electrons. The van der Waals surface area contributed by atoms with E-state index >= 15 is 0 Å². The number of allylic oxidation sites excluding steroid dienone is 3. The van der Waals surface area contributed by atoms with Gasteiger partial charge in [0.1, 0.15) is 0 Å². The zero-order valence-electron chi connectivity index (χ0n) is 18.7. The van der Waals surface area contributed by atoms with Crippen molar-refractivity contribution >= 4 is 11.6 Å². The number of hydrogen-bond donors (Lipinski definition) is 2. The number of methoxy groups -OCH3 is 2. The van der Waals surface area contributed by atoms with Crippen molar-refractivity contribution in [1.82, 2.24) is 0 Å². The molecule has 0 aromatic heterocycles. The average Bonchev–Trinajstić information content (AvgIpc) is 2.70. The Hall–Kier alpha value is -1.83. The van der Waals surface area contributed by atoms with E-state index in [4.69, 9.17) is 25.0 Å². The predicted octanol–water partition coefficient (Wildman–Crippen LogP) is 2.66. The SMILES string of the molecule is CCOC(=N)C1=C(CC)[I-]C2=C(C(=N)CC(C)(C)C2)C1c1ccc(OC)c(OC)c1. The first kappa shape index (κ1) is 22.8. The normalized spacial score (nSPS) is 21.0. The van der Waals surface area contributed by atoms with Crippen LogP contribution in [0.5, 0.6) is 11.5 Å². The molecular formula is C24H32IN2O3-. The molecule has 0 amide bonds. The molecule has 2 aliphatic rings. The van der Waals surface area contributed by atoms with Gasteiger partial charge in [-0.15, -0.1) is 0 Å². The number of benzene rings is 1. The monoisotopic (exact) mass is 523 g/mol. The fourth-order valence-corrected chi connectivity index (χ4v) is 8.48. The van der Waals surface area contributed by atoms with Gasteiger partial charge in [-0.3, -0.25) is 0 Å². The Morgan fingerprint density at radius 2 is 1.83 bits per heavy atom. The standard InChI is InChI=1S/C24H32IN2O3/c1-7-15-22(23(27)30-8-2)20(14-9-10-18(28-5)19(11-14)29-6)21-16(25-15)12-24(3,4)13-17(21)26/h9-11,20,26-27H,7-8,12-13H2,1-6H3/q-1. The van der Waals surface area contributed by atoms with Crippen LogP contribution >= 0.6 is 0 Å². The molecule has 1 unspecified atom stereocenters. The fraction of sp³-hybridized carbons (Fsp3) is 0.500. The Balaban J connectivity index is 2.24. The first-order valence-corrected chi connectivity index (χ1v) is 12.5. The van der Waals surface area contributed by atoms with Crippen LogP contribution in [0.15, 0.2) is 36.5 Å². The van der Waals surface area contributed by atoms with Crippen molar-refractivity contribution in [2.75, 3.05) is 20.8 Å². The second kappa shape index (κ2) is 9.12. The molecule has 3 rings (SSSR count). The van der Waals surface area contributed by atoms with E-state index < -0.39 is 0 Å². The van der Waals surface area contributed by atoms with E-state index in [1.807, 2.05) is 25.1 Å². The first-order valence-electron chi connectivity index (χ1n) is 10.4. The number of nitrogens with one attached hydrogen (secondary N) is 2. The molecule has 0 radical (unpaired) electrons. The molecule has 1 aliphatic carbocycles. The van der Waals surface area contributed by atoms with Gasteiger partial charge in [-0.1, -0.05) is 0 Å². The zero-order valence-corrected chi connectivity index (χ0v) is 20.9. The number of halogens is 1. The third kappa shape index (κ3) is 4.29. The van der Waals surface area contributed by atoms with E-state index in [1.54, 1.807) is 14.2 Å². The summed E-state index contributed by atoms with van der Waals surface area (Å²) in [6.07, 6.45) is 2.70. The number of hydrogen-bond acceptors (Lipinski definition) is 5. The van der Waals surface area contributed by atoms with E-state index in [0.29, 0.717) is 23.8 Å². The Labute approximate surface area is 190 Å². The molecule has 0 saturated carbocycles. The summed E-state index contributed by atoms with van der Waals surface area (Å²) in [5.41, 5.74) is 3.92. The van der Waals surface area contributed by atoms with Gasteiger partial charge in [-0.2, -0.15) is 0 Å². The second-order valence-electron chi connectivity index (χ2n) is 8.39. The van der Waals surface area contributed by atoms with Gasteiger partial charge in [0, 0.05) is 0 Å². The summed E-state index contributed by atoms with van der Waals surface area (Å²) < 4.78 is 19.5. The van der Waals surface area contributed by atoms with Crippen LogP contribution in [-0.2, 0) is 4.74 Å². The van der Waals surface area contributed by atoms with Gasteiger partial charge in [-0.05, 0) is 0 Å². The first-order chi connectivity index (χ1) is 14.3. The maximum absolute atomic E-state index is 8.95. The van der Waals surface area contributed by atoms with Crippen LogP contribution in [0.25, 0.3) is 0 Å². The minimum absolute atomic E-state index is 0.113. The molecule has 0 bridgehead atoms. The predicted molar refractivity (Wildman–Crippen MR) is 117 cm³/mol. The van der Waals surface area contributed by atoms with Crippen molar-refractivity contribution in [2.24, 2.45) is 5.41 Å². The van der Waals surface area contributed by atoms with Crippen molar-refractivity contribution < 1.29 is 35.4 Å². The van der Waals surface area contributed by atoms with E-state index in [0.717, 1.165) is 36.0 Å². The van der Waals surface area contributed by atoms with E-state index in [9.17, 15) is 0 Å². The Morgan fingerprint density at radius 3 is 2.43 bits per heavy atom.